The van der Waals surface area contributed by atoms with Crippen LogP contribution in [0.3, 0.4) is 0 Å². The van der Waals surface area contributed by atoms with E-state index in [0.717, 1.165) is 31.9 Å². The predicted octanol–water partition coefficient (Wildman–Crippen LogP) is 1.42. The molecule has 0 aromatic rings. The summed E-state index contributed by atoms with van der Waals surface area (Å²) in [6.07, 6.45) is 4.29. The molecule has 1 saturated heterocycles. The summed E-state index contributed by atoms with van der Waals surface area (Å²) in [6.45, 7) is 14.6. The lowest BCUT2D eigenvalue weighted by atomic mass is 10.2. The van der Waals surface area contributed by atoms with Crippen molar-refractivity contribution in [2.45, 2.75) is 25.6 Å². The third-order valence-electron chi connectivity index (χ3n) is 5.66. The first-order chi connectivity index (χ1) is 21.8. The van der Waals surface area contributed by atoms with Crippen LogP contribution >= 0.6 is 0 Å². The molecule has 0 bridgehead atoms. The van der Waals surface area contributed by atoms with Crippen LogP contribution in [0, 0.1) is 0 Å². The second kappa shape index (κ2) is 34.6. The van der Waals surface area contributed by atoms with Gasteiger partial charge in [-0.05, 0) is 19.3 Å². The Balaban J connectivity index is 1.61. The largest absolute Gasteiger partial charge is 0.460 e. The molecule has 14 nitrogen and oxygen atoms in total. The highest BCUT2D eigenvalue weighted by atomic mass is 16.7. The molecule has 0 amide bonds. The lowest BCUT2D eigenvalue weighted by Gasteiger charge is -2.22. The highest BCUT2D eigenvalue weighted by Crippen LogP contribution is 2.13. The first-order valence-electron chi connectivity index (χ1n) is 15.6. The summed E-state index contributed by atoms with van der Waals surface area (Å²) < 4.78 is 70.2. The lowest BCUT2D eigenvalue weighted by molar-refractivity contribution is -0.169. The van der Waals surface area contributed by atoms with E-state index in [0.29, 0.717) is 139 Å². The Bertz CT molecular complexity index is 606. The Kier molecular flexibility index (Phi) is 32.0. The summed E-state index contributed by atoms with van der Waals surface area (Å²) in [6, 6.07) is 0. The molecule has 0 aliphatic carbocycles. The van der Waals surface area contributed by atoms with Gasteiger partial charge in [0.15, 0.2) is 6.29 Å². The van der Waals surface area contributed by atoms with Gasteiger partial charge in [0.1, 0.15) is 6.61 Å². The SMILES string of the molecule is C=CC(=O)OCCOCCOCCOCCOCCOCCOCCOCCOCCOCCOCCOC1CCCCO1. The number of carbonyl (C=O) groups excluding carboxylic acids is 1. The Labute approximate surface area is 262 Å². The van der Waals surface area contributed by atoms with Crippen LogP contribution < -0.4 is 0 Å². The summed E-state index contributed by atoms with van der Waals surface area (Å²) in [5, 5.41) is 0. The van der Waals surface area contributed by atoms with Gasteiger partial charge >= 0.3 is 5.97 Å². The minimum Gasteiger partial charge on any atom is -0.460 e. The second-order valence-electron chi connectivity index (χ2n) is 9.16. The van der Waals surface area contributed by atoms with Gasteiger partial charge < -0.3 is 61.6 Å². The van der Waals surface area contributed by atoms with Crippen molar-refractivity contribution < 1.29 is 66.4 Å². The molecule has 260 valence electrons. The van der Waals surface area contributed by atoms with Crippen LogP contribution in [0.1, 0.15) is 19.3 Å². The molecule has 0 saturated carbocycles. The molecule has 0 radical (unpaired) electrons. The molecule has 1 fully saturated rings. The molecule has 44 heavy (non-hydrogen) atoms. The Morgan fingerprint density at radius 1 is 0.500 bits per heavy atom. The third-order valence-corrected chi connectivity index (χ3v) is 5.66. The molecule has 14 heteroatoms. The highest BCUT2D eigenvalue weighted by molar-refractivity contribution is 5.81. The maximum atomic E-state index is 10.8. The van der Waals surface area contributed by atoms with Crippen molar-refractivity contribution in [3.8, 4) is 0 Å². The van der Waals surface area contributed by atoms with Gasteiger partial charge in [0.2, 0.25) is 0 Å². The van der Waals surface area contributed by atoms with E-state index >= 15 is 0 Å². The lowest BCUT2D eigenvalue weighted by Crippen LogP contribution is -2.24. The van der Waals surface area contributed by atoms with E-state index in [1.54, 1.807) is 0 Å². The van der Waals surface area contributed by atoms with Gasteiger partial charge in [-0.25, -0.2) is 4.79 Å². The van der Waals surface area contributed by atoms with Crippen LogP contribution in [0.2, 0.25) is 0 Å². The number of hydrogen-bond donors (Lipinski definition) is 0. The number of ether oxygens (including phenoxy) is 13. The quantitative estimate of drug-likeness (QED) is 0.0561. The predicted molar refractivity (Wildman–Crippen MR) is 159 cm³/mol. The summed E-state index contributed by atoms with van der Waals surface area (Å²) >= 11 is 0. The molecule has 1 rings (SSSR count). The second-order valence-corrected chi connectivity index (χ2v) is 9.16. The Morgan fingerprint density at radius 2 is 0.818 bits per heavy atom. The average molecular weight is 641 g/mol. The molecular formula is C30H56O14. The normalized spacial score (nSPS) is 15.0. The van der Waals surface area contributed by atoms with E-state index < -0.39 is 5.97 Å². The Morgan fingerprint density at radius 3 is 1.11 bits per heavy atom. The summed E-state index contributed by atoms with van der Waals surface area (Å²) in [5.41, 5.74) is 0. The van der Waals surface area contributed by atoms with Gasteiger partial charge in [0, 0.05) is 12.7 Å². The smallest absolute Gasteiger partial charge is 0.330 e. The fourth-order valence-corrected chi connectivity index (χ4v) is 3.42. The van der Waals surface area contributed by atoms with Gasteiger partial charge in [0.05, 0.1) is 139 Å². The molecule has 0 spiro atoms. The third kappa shape index (κ3) is 30.7. The van der Waals surface area contributed by atoms with E-state index in [2.05, 4.69) is 6.58 Å². The molecule has 1 atom stereocenters. The minimum atomic E-state index is -0.459. The van der Waals surface area contributed by atoms with Crippen molar-refractivity contribution in [1.29, 1.82) is 0 Å². The monoisotopic (exact) mass is 640 g/mol. The van der Waals surface area contributed by atoms with Crippen LogP contribution in [-0.4, -0.2) is 164 Å². The molecule has 0 aromatic carbocycles. The molecule has 1 aliphatic heterocycles. The van der Waals surface area contributed by atoms with Crippen molar-refractivity contribution in [3.63, 3.8) is 0 Å². The topological polar surface area (TPSA) is 137 Å². The molecule has 0 aromatic heterocycles. The molecule has 1 unspecified atom stereocenters. The van der Waals surface area contributed by atoms with Crippen LogP contribution in [0.15, 0.2) is 12.7 Å². The van der Waals surface area contributed by atoms with Gasteiger partial charge in [-0.1, -0.05) is 6.58 Å². The van der Waals surface area contributed by atoms with Crippen molar-refractivity contribution in [2.75, 3.05) is 152 Å². The first-order valence-corrected chi connectivity index (χ1v) is 15.6. The number of carbonyl (C=O) groups is 1. The minimum absolute atomic E-state index is 0.0689. The zero-order valence-electron chi connectivity index (χ0n) is 26.5. The van der Waals surface area contributed by atoms with Gasteiger partial charge in [-0.3, -0.25) is 0 Å². The van der Waals surface area contributed by atoms with Crippen molar-refractivity contribution in [3.05, 3.63) is 12.7 Å². The zero-order valence-corrected chi connectivity index (χ0v) is 26.5. The zero-order chi connectivity index (χ0) is 31.4. The fraction of sp³-hybridized carbons (Fsp3) is 0.900. The Hall–Kier alpha value is -1.27. The molecule has 0 N–H and O–H groups in total. The number of esters is 1. The maximum absolute atomic E-state index is 10.8. The van der Waals surface area contributed by atoms with Crippen molar-refractivity contribution in [1.82, 2.24) is 0 Å². The number of hydrogen-bond acceptors (Lipinski definition) is 14. The standard InChI is InChI=1S/C30H56O14/c1-2-29(31)42-27-25-40-23-21-38-19-17-36-15-13-34-11-9-32-7-8-33-10-12-35-14-16-37-18-20-39-22-24-41-26-28-44-30-5-3-4-6-43-30/h2,30H,1,3-28H2. The van der Waals surface area contributed by atoms with Gasteiger partial charge in [-0.15, -0.1) is 0 Å². The van der Waals surface area contributed by atoms with Gasteiger partial charge in [0.25, 0.3) is 0 Å². The summed E-state index contributed by atoms with van der Waals surface area (Å²) in [4.78, 5) is 10.8. The summed E-state index contributed by atoms with van der Waals surface area (Å²) in [7, 11) is 0. The van der Waals surface area contributed by atoms with Crippen LogP contribution in [0.5, 0.6) is 0 Å². The molecular weight excluding hydrogens is 584 g/mol. The maximum Gasteiger partial charge on any atom is 0.330 e. The number of rotatable bonds is 35. The van der Waals surface area contributed by atoms with Crippen molar-refractivity contribution >= 4 is 5.97 Å². The average Bonchev–Trinajstić information content (AvgIpc) is 3.05. The van der Waals surface area contributed by atoms with E-state index in [1.807, 2.05) is 0 Å². The fourth-order valence-electron chi connectivity index (χ4n) is 3.42. The van der Waals surface area contributed by atoms with Crippen LogP contribution in [0.25, 0.3) is 0 Å². The van der Waals surface area contributed by atoms with Crippen molar-refractivity contribution in [2.24, 2.45) is 0 Å². The highest BCUT2D eigenvalue weighted by Gasteiger charge is 2.13. The molecule has 1 heterocycles. The van der Waals surface area contributed by atoms with E-state index in [-0.39, 0.29) is 12.9 Å². The van der Waals surface area contributed by atoms with E-state index in [4.69, 9.17) is 61.6 Å². The van der Waals surface area contributed by atoms with E-state index in [1.165, 1.54) is 0 Å². The first kappa shape index (κ1) is 40.8. The van der Waals surface area contributed by atoms with Gasteiger partial charge in [-0.2, -0.15) is 0 Å². The van der Waals surface area contributed by atoms with Crippen LogP contribution in [0.4, 0.5) is 0 Å². The molecule has 1 aliphatic rings. The summed E-state index contributed by atoms with van der Waals surface area (Å²) in [5.74, 6) is -0.459. The van der Waals surface area contributed by atoms with Crippen LogP contribution in [-0.2, 0) is 66.4 Å². The van der Waals surface area contributed by atoms with E-state index in [9.17, 15) is 4.79 Å².